The summed E-state index contributed by atoms with van der Waals surface area (Å²) in [6.45, 7) is 3.71. The summed E-state index contributed by atoms with van der Waals surface area (Å²) in [5, 5.41) is 0. The molecule has 0 aliphatic carbocycles. The second-order valence-electron chi connectivity index (χ2n) is 4.26. The van der Waals surface area contributed by atoms with E-state index in [4.69, 9.17) is 0 Å². The molecular formula is C14H11BrF3N. The highest BCUT2D eigenvalue weighted by molar-refractivity contribution is 9.10. The third-order valence-corrected chi connectivity index (χ3v) is 3.67. The Morgan fingerprint density at radius 2 is 1.58 bits per heavy atom. The molecule has 2 aromatic rings. The summed E-state index contributed by atoms with van der Waals surface area (Å²) < 4.78 is 38.3. The van der Waals surface area contributed by atoms with Crippen LogP contribution in [0.5, 0.6) is 0 Å². The van der Waals surface area contributed by atoms with E-state index in [0.717, 1.165) is 39.1 Å². The van der Waals surface area contributed by atoms with E-state index in [1.165, 1.54) is 12.1 Å². The molecule has 0 saturated heterocycles. The molecule has 2 rings (SSSR count). The van der Waals surface area contributed by atoms with Crippen molar-refractivity contribution in [3.8, 4) is 11.1 Å². The van der Waals surface area contributed by atoms with Crippen LogP contribution in [0.2, 0.25) is 0 Å². The number of benzene rings is 1. The van der Waals surface area contributed by atoms with Crippen LogP contribution in [0.4, 0.5) is 13.2 Å². The number of hydrogen-bond acceptors (Lipinski definition) is 1. The first-order valence-corrected chi connectivity index (χ1v) is 6.39. The summed E-state index contributed by atoms with van der Waals surface area (Å²) in [4.78, 5) is 4.35. The van der Waals surface area contributed by atoms with E-state index in [0.29, 0.717) is 0 Å². The normalized spacial score (nSPS) is 11.7. The van der Waals surface area contributed by atoms with Crippen LogP contribution in [-0.4, -0.2) is 4.98 Å². The van der Waals surface area contributed by atoms with Crippen molar-refractivity contribution in [3.63, 3.8) is 0 Å². The zero-order chi connectivity index (χ0) is 14.2. The lowest BCUT2D eigenvalue weighted by molar-refractivity contribution is -0.137. The molecule has 1 nitrogen and oxygen atoms in total. The van der Waals surface area contributed by atoms with Gasteiger partial charge in [-0.1, -0.05) is 12.1 Å². The maximum Gasteiger partial charge on any atom is 0.416 e. The molecule has 1 heterocycles. The smallest absolute Gasteiger partial charge is 0.257 e. The summed E-state index contributed by atoms with van der Waals surface area (Å²) in [5.74, 6) is 0. The van der Waals surface area contributed by atoms with Crippen molar-refractivity contribution in [2.45, 2.75) is 20.0 Å². The van der Waals surface area contributed by atoms with Crippen LogP contribution < -0.4 is 0 Å². The third kappa shape index (κ3) is 2.97. The molecule has 19 heavy (non-hydrogen) atoms. The standard InChI is InChI=1S/C14H11BrF3N/c1-8-12(7-13(15)9(2)19-8)10-3-5-11(6-4-10)14(16,17)18/h3-7H,1-2H3. The zero-order valence-electron chi connectivity index (χ0n) is 10.3. The monoisotopic (exact) mass is 329 g/mol. The van der Waals surface area contributed by atoms with Crippen molar-refractivity contribution in [1.82, 2.24) is 4.98 Å². The Kier molecular flexibility index (Phi) is 3.67. The summed E-state index contributed by atoms with van der Waals surface area (Å²) in [7, 11) is 0. The summed E-state index contributed by atoms with van der Waals surface area (Å²) in [6, 6.07) is 6.98. The molecular weight excluding hydrogens is 319 g/mol. The number of rotatable bonds is 1. The van der Waals surface area contributed by atoms with Crippen molar-refractivity contribution in [3.05, 3.63) is 51.8 Å². The third-order valence-electron chi connectivity index (χ3n) is 2.87. The van der Waals surface area contributed by atoms with Gasteiger partial charge in [-0.15, -0.1) is 0 Å². The van der Waals surface area contributed by atoms with Crippen molar-refractivity contribution in [2.24, 2.45) is 0 Å². The first-order valence-electron chi connectivity index (χ1n) is 5.60. The number of aromatic nitrogens is 1. The van der Waals surface area contributed by atoms with Crippen molar-refractivity contribution < 1.29 is 13.2 Å². The molecule has 0 saturated carbocycles. The average molecular weight is 330 g/mol. The lowest BCUT2D eigenvalue weighted by Crippen LogP contribution is -2.04. The SMILES string of the molecule is Cc1nc(C)c(-c2ccc(C(F)(F)F)cc2)cc1Br. The predicted octanol–water partition coefficient (Wildman–Crippen LogP) is 5.15. The molecule has 0 atom stereocenters. The Labute approximate surface area is 117 Å². The molecule has 5 heteroatoms. The van der Waals surface area contributed by atoms with Crippen LogP contribution in [0, 0.1) is 13.8 Å². The van der Waals surface area contributed by atoms with Crippen LogP contribution in [-0.2, 0) is 6.18 Å². The minimum atomic E-state index is -4.31. The first-order chi connectivity index (χ1) is 8.79. The van der Waals surface area contributed by atoms with Gasteiger partial charge in [0, 0.05) is 15.7 Å². The fourth-order valence-corrected chi connectivity index (χ4v) is 2.15. The molecule has 0 aliphatic rings. The molecule has 0 fully saturated rings. The number of hydrogen-bond donors (Lipinski definition) is 0. The van der Waals surface area contributed by atoms with Gasteiger partial charge in [-0.05, 0) is 53.5 Å². The molecule has 0 spiro atoms. The lowest BCUT2D eigenvalue weighted by atomic mass is 10.0. The van der Waals surface area contributed by atoms with Gasteiger partial charge < -0.3 is 0 Å². The fourth-order valence-electron chi connectivity index (χ4n) is 1.83. The zero-order valence-corrected chi connectivity index (χ0v) is 11.9. The second kappa shape index (κ2) is 4.96. The van der Waals surface area contributed by atoms with Crippen LogP contribution in [0.15, 0.2) is 34.8 Å². The van der Waals surface area contributed by atoms with Gasteiger partial charge in [0.05, 0.1) is 11.3 Å². The van der Waals surface area contributed by atoms with Gasteiger partial charge >= 0.3 is 6.18 Å². The van der Waals surface area contributed by atoms with Gasteiger partial charge in [-0.25, -0.2) is 0 Å². The molecule has 1 aromatic heterocycles. The quantitative estimate of drug-likeness (QED) is 0.705. The summed E-state index contributed by atoms with van der Waals surface area (Å²) in [5.41, 5.74) is 2.55. The summed E-state index contributed by atoms with van der Waals surface area (Å²) >= 11 is 3.38. The topological polar surface area (TPSA) is 12.9 Å². The Morgan fingerprint density at radius 1 is 1.00 bits per heavy atom. The molecule has 1 aromatic carbocycles. The number of aryl methyl sites for hydroxylation is 2. The fraction of sp³-hybridized carbons (Fsp3) is 0.214. The molecule has 0 amide bonds. The Balaban J connectivity index is 2.46. The number of alkyl halides is 3. The van der Waals surface area contributed by atoms with Gasteiger partial charge in [0.2, 0.25) is 0 Å². The minimum absolute atomic E-state index is 0.645. The van der Waals surface area contributed by atoms with E-state index in [-0.39, 0.29) is 0 Å². The van der Waals surface area contributed by atoms with Crippen LogP contribution >= 0.6 is 15.9 Å². The summed E-state index contributed by atoms with van der Waals surface area (Å²) in [6.07, 6.45) is -4.31. The number of halogens is 4. The second-order valence-corrected chi connectivity index (χ2v) is 5.12. The molecule has 0 unspecified atom stereocenters. The van der Waals surface area contributed by atoms with Crippen LogP contribution in [0.3, 0.4) is 0 Å². The van der Waals surface area contributed by atoms with E-state index >= 15 is 0 Å². The van der Waals surface area contributed by atoms with Crippen LogP contribution in [0.25, 0.3) is 11.1 Å². The highest BCUT2D eigenvalue weighted by Crippen LogP contribution is 2.32. The lowest BCUT2D eigenvalue weighted by Gasteiger charge is -2.10. The predicted molar refractivity (Wildman–Crippen MR) is 71.8 cm³/mol. The average Bonchev–Trinajstić information content (AvgIpc) is 2.33. The van der Waals surface area contributed by atoms with Crippen molar-refractivity contribution >= 4 is 15.9 Å². The first kappa shape index (κ1) is 14.1. The Hall–Kier alpha value is -1.36. The number of pyridine rings is 1. The van der Waals surface area contributed by atoms with Gasteiger partial charge in [0.25, 0.3) is 0 Å². The number of nitrogens with zero attached hydrogens (tertiary/aromatic N) is 1. The van der Waals surface area contributed by atoms with Gasteiger partial charge in [-0.3, -0.25) is 4.98 Å². The van der Waals surface area contributed by atoms with E-state index in [1.54, 1.807) is 0 Å². The molecule has 0 aliphatic heterocycles. The maximum absolute atomic E-state index is 12.5. The van der Waals surface area contributed by atoms with Gasteiger partial charge in [0.1, 0.15) is 0 Å². The Bertz CT molecular complexity index is 603. The highest BCUT2D eigenvalue weighted by Gasteiger charge is 2.30. The molecule has 0 bridgehead atoms. The molecule has 0 radical (unpaired) electrons. The molecule has 100 valence electrons. The van der Waals surface area contributed by atoms with E-state index in [2.05, 4.69) is 20.9 Å². The van der Waals surface area contributed by atoms with Crippen molar-refractivity contribution in [1.29, 1.82) is 0 Å². The maximum atomic E-state index is 12.5. The van der Waals surface area contributed by atoms with E-state index in [9.17, 15) is 13.2 Å². The van der Waals surface area contributed by atoms with Gasteiger partial charge in [0.15, 0.2) is 0 Å². The Morgan fingerprint density at radius 3 is 2.11 bits per heavy atom. The minimum Gasteiger partial charge on any atom is -0.257 e. The highest BCUT2D eigenvalue weighted by atomic mass is 79.9. The largest absolute Gasteiger partial charge is 0.416 e. The molecule has 0 N–H and O–H groups in total. The van der Waals surface area contributed by atoms with E-state index < -0.39 is 11.7 Å². The van der Waals surface area contributed by atoms with E-state index in [1.807, 2.05) is 19.9 Å². The van der Waals surface area contributed by atoms with Gasteiger partial charge in [-0.2, -0.15) is 13.2 Å². The van der Waals surface area contributed by atoms with Crippen molar-refractivity contribution in [2.75, 3.05) is 0 Å². The van der Waals surface area contributed by atoms with Crippen LogP contribution in [0.1, 0.15) is 17.0 Å².